The monoisotopic (exact) mass is 425 g/mol. The number of H-pyrrole nitrogens is 1. The Labute approximate surface area is 185 Å². The van der Waals surface area contributed by atoms with Crippen molar-refractivity contribution >= 4 is 28.3 Å². The first kappa shape index (κ1) is 19.8. The van der Waals surface area contributed by atoms with Crippen LogP contribution in [-0.2, 0) is 0 Å². The number of nitrogens with one attached hydrogen (secondary N) is 2. The van der Waals surface area contributed by atoms with Crippen molar-refractivity contribution in [2.45, 2.75) is 13.3 Å². The number of amides is 2. The minimum Gasteiger partial charge on any atom is -0.457 e. The standard InChI is InChI=1S/C25H23N5O2/c1-17-15-26-24-22(17)23(27-16-28-24)18-11-13-30(14-12-18)25(31)29-19-7-9-21(10-8-19)32-20-5-3-2-4-6-20/h2-11,15-16H,12-14H2,1H3,(H,29,31)(H,26,27,28). The molecule has 2 amide bonds. The number of carbonyl (C=O) groups excluding carboxylic acids is 1. The number of urea groups is 1. The number of para-hydroxylation sites is 1. The van der Waals surface area contributed by atoms with Gasteiger partial charge in [0.15, 0.2) is 0 Å². The quantitative estimate of drug-likeness (QED) is 0.460. The van der Waals surface area contributed by atoms with E-state index in [9.17, 15) is 4.79 Å². The predicted molar refractivity (Wildman–Crippen MR) is 125 cm³/mol. The smallest absolute Gasteiger partial charge is 0.322 e. The molecule has 160 valence electrons. The number of aromatic amines is 1. The summed E-state index contributed by atoms with van der Waals surface area (Å²) in [7, 11) is 0. The summed E-state index contributed by atoms with van der Waals surface area (Å²) in [6, 6.07) is 16.8. The molecule has 4 aromatic rings. The highest BCUT2D eigenvalue weighted by molar-refractivity contribution is 5.92. The van der Waals surface area contributed by atoms with E-state index in [1.54, 1.807) is 11.2 Å². The molecule has 0 saturated heterocycles. The normalized spacial score (nSPS) is 13.7. The van der Waals surface area contributed by atoms with Crippen LogP contribution in [-0.4, -0.2) is 39.0 Å². The molecular formula is C25H23N5O2. The molecule has 7 nitrogen and oxygen atoms in total. The molecule has 5 rings (SSSR count). The zero-order chi connectivity index (χ0) is 21.9. The lowest BCUT2D eigenvalue weighted by molar-refractivity contribution is 0.217. The molecule has 0 bridgehead atoms. The third-order valence-corrected chi connectivity index (χ3v) is 5.55. The maximum absolute atomic E-state index is 12.7. The van der Waals surface area contributed by atoms with Crippen LogP contribution in [0.2, 0.25) is 0 Å². The van der Waals surface area contributed by atoms with Crippen LogP contribution in [0.1, 0.15) is 17.7 Å². The summed E-state index contributed by atoms with van der Waals surface area (Å²) in [5.74, 6) is 1.49. The Hall–Kier alpha value is -4.13. The highest BCUT2D eigenvalue weighted by atomic mass is 16.5. The molecule has 0 atom stereocenters. The second kappa shape index (κ2) is 8.55. The number of aromatic nitrogens is 3. The van der Waals surface area contributed by atoms with Gasteiger partial charge in [0.25, 0.3) is 0 Å². The molecule has 1 aliphatic heterocycles. The van der Waals surface area contributed by atoms with E-state index in [0.717, 1.165) is 51.5 Å². The molecule has 0 unspecified atom stereocenters. The van der Waals surface area contributed by atoms with Gasteiger partial charge in [-0.15, -0.1) is 0 Å². The average Bonchev–Trinajstić information content (AvgIpc) is 3.22. The minimum absolute atomic E-state index is 0.123. The Morgan fingerprint density at radius 1 is 1.06 bits per heavy atom. The van der Waals surface area contributed by atoms with Crippen LogP contribution in [0.3, 0.4) is 0 Å². The van der Waals surface area contributed by atoms with E-state index in [2.05, 4.69) is 26.3 Å². The fourth-order valence-electron chi connectivity index (χ4n) is 3.86. The molecule has 0 aliphatic carbocycles. The second-order valence-corrected chi connectivity index (χ2v) is 7.71. The van der Waals surface area contributed by atoms with E-state index >= 15 is 0 Å². The number of nitrogens with zero attached hydrogens (tertiary/aromatic N) is 3. The van der Waals surface area contributed by atoms with Gasteiger partial charge in [-0.25, -0.2) is 14.8 Å². The molecule has 7 heteroatoms. The maximum Gasteiger partial charge on any atom is 0.322 e. The first-order valence-corrected chi connectivity index (χ1v) is 10.5. The number of hydrogen-bond donors (Lipinski definition) is 2. The van der Waals surface area contributed by atoms with Gasteiger partial charge in [0.1, 0.15) is 23.5 Å². The van der Waals surface area contributed by atoms with Crippen molar-refractivity contribution in [3.8, 4) is 11.5 Å². The lowest BCUT2D eigenvalue weighted by Gasteiger charge is -2.26. The van der Waals surface area contributed by atoms with Gasteiger partial charge in [0.2, 0.25) is 0 Å². The van der Waals surface area contributed by atoms with Crippen LogP contribution in [0.4, 0.5) is 10.5 Å². The predicted octanol–water partition coefficient (Wildman–Crippen LogP) is 5.38. The van der Waals surface area contributed by atoms with Crippen LogP contribution in [0.25, 0.3) is 16.6 Å². The zero-order valence-corrected chi connectivity index (χ0v) is 17.7. The summed E-state index contributed by atoms with van der Waals surface area (Å²) in [6.45, 7) is 3.21. The SMILES string of the molecule is Cc1c[nH]c2ncnc(C3=CCN(C(=O)Nc4ccc(Oc5ccccc5)cc4)CC3)c12. The number of rotatable bonds is 4. The Morgan fingerprint density at radius 3 is 2.59 bits per heavy atom. The Kier molecular flexibility index (Phi) is 5.29. The number of anilines is 1. The summed E-state index contributed by atoms with van der Waals surface area (Å²) < 4.78 is 5.80. The second-order valence-electron chi connectivity index (χ2n) is 7.71. The molecule has 32 heavy (non-hydrogen) atoms. The van der Waals surface area contributed by atoms with E-state index in [0.29, 0.717) is 13.1 Å². The highest BCUT2D eigenvalue weighted by Gasteiger charge is 2.20. The van der Waals surface area contributed by atoms with Gasteiger partial charge < -0.3 is 19.9 Å². The highest BCUT2D eigenvalue weighted by Crippen LogP contribution is 2.29. The largest absolute Gasteiger partial charge is 0.457 e. The van der Waals surface area contributed by atoms with Gasteiger partial charge in [-0.05, 0) is 60.9 Å². The Balaban J connectivity index is 1.23. The van der Waals surface area contributed by atoms with Gasteiger partial charge in [-0.1, -0.05) is 24.3 Å². The fraction of sp³-hybridized carbons (Fsp3) is 0.160. The molecule has 2 aromatic heterocycles. The van der Waals surface area contributed by atoms with Gasteiger partial charge in [-0.3, -0.25) is 0 Å². The van der Waals surface area contributed by atoms with Crippen LogP contribution in [0.5, 0.6) is 11.5 Å². The van der Waals surface area contributed by atoms with Crippen molar-refractivity contribution in [1.29, 1.82) is 0 Å². The number of ether oxygens (including phenoxy) is 1. The molecule has 1 aliphatic rings. The lowest BCUT2D eigenvalue weighted by Crippen LogP contribution is -2.37. The minimum atomic E-state index is -0.123. The van der Waals surface area contributed by atoms with Gasteiger partial charge >= 0.3 is 6.03 Å². The van der Waals surface area contributed by atoms with Crippen LogP contribution in [0.15, 0.2) is 73.2 Å². The van der Waals surface area contributed by atoms with Crippen molar-refractivity contribution in [3.63, 3.8) is 0 Å². The van der Waals surface area contributed by atoms with E-state index in [1.807, 2.05) is 67.7 Å². The topological polar surface area (TPSA) is 83.1 Å². The number of fused-ring (bicyclic) bond motifs is 1. The Bertz CT molecular complexity index is 1280. The molecular weight excluding hydrogens is 402 g/mol. The molecule has 0 saturated carbocycles. The first-order valence-electron chi connectivity index (χ1n) is 10.5. The van der Waals surface area contributed by atoms with Crippen molar-refractivity contribution in [2.24, 2.45) is 0 Å². The summed E-state index contributed by atoms with van der Waals surface area (Å²) >= 11 is 0. The molecule has 0 spiro atoms. The fourth-order valence-corrected chi connectivity index (χ4v) is 3.86. The number of hydrogen-bond acceptors (Lipinski definition) is 4. The van der Waals surface area contributed by atoms with Crippen molar-refractivity contribution < 1.29 is 9.53 Å². The third-order valence-electron chi connectivity index (χ3n) is 5.55. The molecule has 0 radical (unpaired) electrons. The maximum atomic E-state index is 12.7. The van der Waals surface area contributed by atoms with E-state index in [1.165, 1.54) is 0 Å². The number of benzene rings is 2. The first-order chi connectivity index (χ1) is 15.7. The Morgan fingerprint density at radius 2 is 1.84 bits per heavy atom. The van der Waals surface area contributed by atoms with Crippen molar-refractivity contribution in [2.75, 3.05) is 18.4 Å². The average molecular weight is 425 g/mol. The lowest BCUT2D eigenvalue weighted by atomic mass is 10.0. The van der Waals surface area contributed by atoms with Crippen LogP contribution < -0.4 is 10.1 Å². The van der Waals surface area contributed by atoms with Crippen molar-refractivity contribution in [1.82, 2.24) is 19.9 Å². The molecule has 3 heterocycles. The summed E-state index contributed by atoms with van der Waals surface area (Å²) in [4.78, 5) is 26.5. The van der Waals surface area contributed by atoms with Gasteiger partial charge in [0, 0.05) is 30.4 Å². The molecule has 2 aromatic carbocycles. The van der Waals surface area contributed by atoms with E-state index in [-0.39, 0.29) is 6.03 Å². The number of carbonyl (C=O) groups is 1. The number of aryl methyl sites for hydroxylation is 1. The summed E-state index contributed by atoms with van der Waals surface area (Å²) in [5, 5.41) is 4.01. The van der Waals surface area contributed by atoms with E-state index < -0.39 is 0 Å². The van der Waals surface area contributed by atoms with Crippen LogP contribution in [0, 0.1) is 6.92 Å². The molecule has 0 fully saturated rings. The van der Waals surface area contributed by atoms with Crippen molar-refractivity contribution in [3.05, 3.63) is 84.5 Å². The van der Waals surface area contributed by atoms with Gasteiger partial charge in [-0.2, -0.15) is 0 Å². The summed E-state index contributed by atoms with van der Waals surface area (Å²) in [5.41, 5.74) is 4.78. The van der Waals surface area contributed by atoms with Crippen LogP contribution >= 0.6 is 0 Å². The third kappa shape index (κ3) is 4.05. The zero-order valence-electron chi connectivity index (χ0n) is 17.7. The van der Waals surface area contributed by atoms with Gasteiger partial charge in [0.05, 0.1) is 5.69 Å². The summed E-state index contributed by atoms with van der Waals surface area (Å²) in [6.07, 6.45) is 6.35. The van der Waals surface area contributed by atoms with E-state index in [4.69, 9.17) is 4.74 Å². The molecule has 2 N–H and O–H groups in total.